The second-order valence-corrected chi connectivity index (χ2v) is 7.46. The molecule has 1 amide bonds. The van der Waals surface area contributed by atoms with Crippen LogP contribution in [-0.4, -0.2) is 38.0 Å². The van der Waals surface area contributed by atoms with Gasteiger partial charge in [-0.25, -0.2) is 9.48 Å². The lowest BCUT2D eigenvalue weighted by Gasteiger charge is -2.16. The number of aromatic nitrogens is 3. The Kier molecular flexibility index (Phi) is 5.13. The first kappa shape index (κ1) is 17.9. The first-order chi connectivity index (χ1) is 11.9. The lowest BCUT2D eigenvalue weighted by atomic mass is 10.0. The molecule has 0 aromatic carbocycles. The van der Waals surface area contributed by atoms with E-state index in [9.17, 15) is 14.7 Å². The summed E-state index contributed by atoms with van der Waals surface area (Å²) in [6.07, 6.45) is 5.22. The minimum atomic E-state index is -0.484. The lowest BCUT2D eigenvalue weighted by molar-refractivity contribution is -0.117. The van der Waals surface area contributed by atoms with Crippen molar-refractivity contribution >= 4 is 5.91 Å². The van der Waals surface area contributed by atoms with Gasteiger partial charge >= 0.3 is 5.69 Å². The number of amides is 1. The monoisotopic (exact) mass is 348 g/mol. The number of aliphatic hydroxyl groups is 1. The Hall–Kier alpha value is -1.89. The van der Waals surface area contributed by atoms with Crippen molar-refractivity contribution in [2.24, 2.45) is 20.0 Å². The molecule has 0 bridgehead atoms. The maximum Gasteiger partial charge on any atom is 0.345 e. The smallest absolute Gasteiger partial charge is 0.345 e. The minimum Gasteiger partial charge on any atom is -0.393 e. The van der Waals surface area contributed by atoms with Crippen molar-refractivity contribution < 1.29 is 9.90 Å². The molecule has 138 valence electrons. The highest BCUT2D eigenvalue weighted by Crippen LogP contribution is 2.37. The zero-order valence-corrected chi connectivity index (χ0v) is 15.3. The second-order valence-electron chi connectivity index (χ2n) is 7.46. The summed E-state index contributed by atoms with van der Waals surface area (Å²) in [6.45, 7) is 2.36. The Morgan fingerprint density at radius 3 is 2.56 bits per heavy atom. The van der Waals surface area contributed by atoms with Gasteiger partial charge in [0.15, 0.2) is 0 Å². The summed E-state index contributed by atoms with van der Waals surface area (Å²) in [7, 11) is 3.34. The summed E-state index contributed by atoms with van der Waals surface area (Å²) in [4.78, 5) is 24.2. The molecule has 7 heteroatoms. The largest absolute Gasteiger partial charge is 0.393 e. The van der Waals surface area contributed by atoms with Crippen molar-refractivity contribution in [2.75, 3.05) is 6.54 Å². The van der Waals surface area contributed by atoms with E-state index in [1.54, 1.807) is 18.7 Å². The summed E-state index contributed by atoms with van der Waals surface area (Å²) < 4.78 is 2.88. The molecule has 2 aliphatic carbocycles. The lowest BCUT2D eigenvalue weighted by Crippen LogP contribution is -2.33. The molecule has 2 saturated carbocycles. The molecule has 25 heavy (non-hydrogen) atoms. The Balaban J connectivity index is 1.60. The first-order valence-corrected chi connectivity index (χ1v) is 9.13. The Morgan fingerprint density at radius 1 is 1.28 bits per heavy atom. The SMILES string of the molecule is CC(C(=O)NC[C@H]1C[C@H](c2nn(C)c(=O)n2C)C[C@H]1O)=C1CCCC1. The number of aryl methyl sites for hydroxylation is 1. The Morgan fingerprint density at radius 2 is 1.96 bits per heavy atom. The highest BCUT2D eigenvalue weighted by molar-refractivity contribution is 5.93. The number of hydrogen-bond donors (Lipinski definition) is 2. The maximum atomic E-state index is 12.3. The van der Waals surface area contributed by atoms with Gasteiger partial charge in [0.25, 0.3) is 0 Å². The van der Waals surface area contributed by atoms with Gasteiger partial charge < -0.3 is 10.4 Å². The van der Waals surface area contributed by atoms with Gasteiger partial charge in [-0.3, -0.25) is 9.36 Å². The van der Waals surface area contributed by atoms with Crippen molar-refractivity contribution in [3.8, 4) is 0 Å². The van der Waals surface area contributed by atoms with Crippen molar-refractivity contribution in [3.05, 3.63) is 27.5 Å². The number of aliphatic hydroxyl groups excluding tert-OH is 1. The second kappa shape index (κ2) is 7.15. The van der Waals surface area contributed by atoms with Gasteiger partial charge in [0.05, 0.1) is 6.10 Å². The average Bonchev–Trinajstić information content (AvgIpc) is 3.29. The molecule has 2 aliphatic rings. The van der Waals surface area contributed by atoms with Crippen molar-refractivity contribution in [1.29, 1.82) is 0 Å². The van der Waals surface area contributed by atoms with Crippen LogP contribution in [0.4, 0.5) is 0 Å². The zero-order chi connectivity index (χ0) is 18.1. The summed E-state index contributed by atoms with van der Waals surface area (Å²) in [5, 5.41) is 17.6. The predicted octanol–water partition coefficient (Wildman–Crippen LogP) is 0.980. The fourth-order valence-corrected chi connectivity index (χ4v) is 4.16. The van der Waals surface area contributed by atoms with E-state index in [4.69, 9.17) is 0 Å². The van der Waals surface area contributed by atoms with Crippen LogP contribution in [-0.2, 0) is 18.9 Å². The van der Waals surface area contributed by atoms with Crippen LogP contribution in [0.5, 0.6) is 0 Å². The molecule has 1 aromatic rings. The van der Waals surface area contributed by atoms with E-state index in [0.717, 1.165) is 24.8 Å². The van der Waals surface area contributed by atoms with Crippen molar-refractivity contribution in [3.63, 3.8) is 0 Å². The van der Waals surface area contributed by atoms with E-state index in [1.807, 2.05) is 6.92 Å². The number of nitrogens with one attached hydrogen (secondary N) is 1. The highest BCUT2D eigenvalue weighted by Gasteiger charge is 2.36. The molecule has 0 saturated heterocycles. The number of rotatable bonds is 4. The molecule has 0 unspecified atom stereocenters. The summed E-state index contributed by atoms with van der Waals surface area (Å²) >= 11 is 0. The molecule has 0 aliphatic heterocycles. The molecule has 1 heterocycles. The van der Waals surface area contributed by atoms with Gasteiger partial charge in [-0.1, -0.05) is 5.57 Å². The standard InChI is InChI=1S/C18H28N4O3/c1-11(12-6-4-5-7-12)17(24)19-10-14-8-13(9-15(14)23)16-20-22(3)18(25)21(16)2/h13-15,23H,4-10H2,1-3H3,(H,19,24)/t13-,14+,15+/m0/s1. The fourth-order valence-electron chi connectivity index (χ4n) is 4.16. The maximum absolute atomic E-state index is 12.3. The number of carbonyl (C=O) groups is 1. The van der Waals surface area contributed by atoms with Crippen LogP contribution >= 0.6 is 0 Å². The third-order valence-corrected chi connectivity index (χ3v) is 5.79. The molecular weight excluding hydrogens is 320 g/mol. The molecule has 3 atom stereocenters. The van der Waals surface area contributed by atoms with Gasteiger partial charge in [0, 0.05) is 38.0 Å². The third-order valence-electron chi connectivity index (χ3n) is 5.79. The molecule has 2 N–H and O–H groups in total. The number of carbonyl (C=O) groups excluding carboxylic acids is 1. The molecular formula is C18H28N4O3. The van der Waals surface area contributed by atoms with E-state index in [0.29, 0.717) is 18.8 Å². The molecule has 2 fully saturated rings. The quantitative estimate of drug-likeness (QED) is 0.794. The van der Waals surface area contributed by atoms with E-state index in [1.165, 1.54) is 23.1 Å². The van der Waals surface area contributed by atoms with Crippen LogP contribution in [0.15, 0.2) is 15.9 Å². The summed E-state index contributed by atoms with van der Waals surface area (Å²) in [6, 6.07) is 0. The van der Waals surface area contributed by atoms with E-state index in [2.05, 4.69) is 10.4 Å². The Bertz CT molecular complexity index is 738. The van der Waals surface area contributed by atoms with Crippen molar-refractivity contribution in [2.45, 2.75) is 57.5 Å². The van der Waals surface area contributed by atoms with E-state index < -0.39 is 6.10 Å². The number of hydrogen-bond acceptors (Lipinski definition) is 4. The van der Waals surface area contributed by atoms with Crippen LogP contribution in [0.3, 0.4) is 0 Å². The normalized spacial score (nSPS) is 26.2. The average molecular weight is 348 g/mol. The number of nitrogens with zero attached hydrogens (tertiary/aromatic N) is 3. The summed E-state index contributed by atoms with van der Waals surface area (Å²) in [5.41, 5.74) is 1.96. The van der Waals surface area contributed by atoms with Crippen LogP contribution in [0.25, 0.3) is 0 Å². The molecule has 3 rings (SSSR count). The van der Waals surface area contributed by atoms with Gasteiger partial charge in [-0.05, 0) is 45.4 Å². The minimum absolute atomic E-state index is 0.00700. The van der Waals surface area contributed by atoms with Gasteiger partial charge in [-0.15, -0.1) is 0 Å². The molecule has 7 nitrogen and oxygen atoms in total. The van der Waals surface area contributed by atoms with Crippen LogP contribution in [0, 0.1) is 5.92 Å². The summed E-state index contributed by atoms with van der Waals surface area (Å²) in [5.74, 6) is 0.736. The first-order valence-electron chi connectivity index (χ1n) is 9.13. The topological polar surface area (TPSA) is 89.2 Å². The fraction of sp³-hybridized carbons (Fsp3) is 0.722. The molecule has 1 aromatic heterocycles. The predicted molar refractivity (Wildman–Crippen MR) is 94.1 cm³/mol. The van der Waals surface area contributed by atoms with E-state index >= 15 is 0 Å². The highest BCUT2D eigenvalue weighted by atomic mass is 16.3. The van der Waals surface area contributed by atoms with Crippen LogP contribution in [0.2, 0.25) is 0 Å². The van der Waals surface area contributed by atoms with Crippen LogP contribution < -0.4 is 11.0 Å². The van der Waals surface area contributed by atoms with Gasteiger partial charge in [-0.2, -0.15) is 5.10 Å². The molecule has 0 radical (unpaired) electrons. The van der Waals surface area contributed by atoms with Gasteiger partial charge in [0.1, 0.15) is 5.82 Å². The van der Waals surface area contributed by atoms with Crippen LogP contribution in [0.1, 0.15) is 57.2 Å². The number of allylic oxidation sites excluding steroid dienone is 1. The van der Waals surface area contributed by atoms with Gasteiger partial charge in [0.2, 0.25) is 5.91 Å². The zero-order valence-electron chi connectivity index (χ0n) is 15.3. The van der Waals surface area contributed by atoms with Crippen molar-refractivity contribution in [1.82, 2.24) is 19.7 Å². The van der Waals surface area contributed by atoms with E-state index in [-0.39, 0.29) is 23.4 Å². The Labute approximate surface area is 147 Å². The third kappa shape index (κ3) is 3.56. The molecule has 0 spiro atoms.